The molecule has 2 saturated heterocycles. The van der Waals surface area contributed by atoms with Gasteiger partial charge in [0.05, 0.1) is 30.8 Å². The maximum atomic E-state index is 12.4. The fourth-order valence-electron chi connectivity index (χ4n) is 3.71. The average Bonchev–Trinajstić information content (AvgIpc) is 3.18. The molecule has 2 fully saturated rings. The number of nitrogens with one attached hydrogen (secondary N) is 2. The third-order valence-electron chi connectivity index (χ3n) is 5.23. The molecular formula is C19H26N4O4S2. The number of rotatable bonds is 6. The quantitative estimate of drug-likeness (QED) is 0.634. The van der Waals surface area contributed by atoms with Crippen molar-refractivity contribution in [3.05, 3.63) is 29.8 Å². The van der Waals surface area contributed by atoms with Crippen LogP contribution in [0.3, 0.4) is 0 Å². The number of thioether (sulfide) groups is 1. The van der Waals surface area contributed by atoms with E-state index in [1.165, 1.54) is 11.8 Å². The molecule has 2 atom stereocenters. The normalized spacial score (nSPS) is 26.0. The van der Waals surface area contributed by atoms with Gasteiger partial charge in [-0.3, -0.25) is 14.7 Å². The molecule has 0 aliphatic carbocycles. The molecule has 3 aliphatic rings. The number of carbonyl (C=O) groups excluding carboxylic acids is 1. The molecule has 0 saturated carbocycles. The standard InChI is InChI=1S/C19H26N4O4S2/c24-18(20-5-2-6-23-7-9-27-10-8-23)14-3-1-4-15(11-14)21-19-22-16-12-29(25,26)13-17(16)28-19/h1,3-4,11,16-17H,2,5-10,12-13H2,(H,20,24)(H,21,22)/t16-,17+/m0/s1. The highest BCUT2D eigenvalue weighted by molar-refractivity contribution is 8.15. The second-order valence-corrected chi connectivity index (χ2v) is 10.9. The Hall–Kier alpha value is -1.62. The Balaban J connectivity index is 1.25. The smallest absolute Gasteiger partial charge is 0.251 e. The molecule has 0 spiro atoms. The van der Waals surface area contributed by atoms with E-state index in [4.69, 9.17) is 4.74 Å². The van der Waals surface area contributed by atoms with Crippen molar-refractivity contribution in [2.45, 2.75) is 17.7 Å². The number of aliphatic imine (C=N–C) groups is 1. The van der Waals surface area contributed by atoms with Gasteiger partial charge in [-0.25, -0.2) is 8.42 Å². The zero-order valence-corrected chi connectivity index (χ0v) is 17.8. The van der Waals surface area contributed by atoms with E-state index < -0.39 is 9.84 Å². The van der Waals surface area contributed by atoms with E-state index in [2.05, 4.69) is 20.5 Å². The lowest BCUT2D eigenvalue weighted by Gasteiger charge is -2.26. The van der Waals surface area contributed by atoms with Crippen molar-refractivity contribution in [2.75, 3.05) is 56.2 Å². The molecule has 158 valence electrons. The number of amides is 1. The summed E-state index contributed by atoms with van der Waals surface area (Å²) in [6.45, 7) is 5.07. The summed E-state index contributed by atoms with van der Waals surface area (Å²) in [5, 5.41) is 6.92. The van der Waals surface area contributed by atoms with Gasteiger partial charge in [0.25, 0.3) is 5.91 Å². The fraction of sp³-hybridized carbons (Fsp3) is 0.579. The zero-order valence-electron chi connectivity index (χ0n) is 16.2. The van der Waals surface area contributed by atoms with E-state index in [1.807, 2.05) is 12.1 Å². The van der Waals surface area contributed by atoms with Gasteiger partial charge >= 0.3 is 0 Å². The highest BCUT2D eigenvalue weighted by Crippen LogP contribution is 2.34. The second-order valence-electron chi connectivity index (χ2n) is 7.50. The Labute approximate surface area is 175 Å². The van der Waals surface area contributed by atoms with Crippen molar-refractivity contribution in [3.63, 3.8) is 0 Å². The number of amidine groups is 1. The first-order valence-electron chi connectivity index (χ1n) is 9.89. The fourth-order valence-corrected chi connectivity index (χ4v) is 7.39. The summed E-state index contributed by atoms with van der Waals surface area (Å²) in [7, 11) is -2.96. The molecule has 2 N–H and O–H groups in total. The van der Waals surface area contributed by atoms with Crippen molar-refractivity contribution < 1.29 is 17.9 Å². The van der Waals surface area contributed by atoms with E-state index in [0.29, 0.717) is 12.1 Å². The summed E-state index contributed by atoms with van der Waals surface area (Å²) >= 11 is 1.47. The van der Waals surface area contributed by atoms with Crippen molar-refractivity contribution in [1.29, 1.82) is 0 Å². The Kier molecular flexibility index (Phi) is 6.43. The number of hydrogen-bond acceptors (Lipinski definition) is 8. The molecule has 1 aromatic carbocycles. The number of morpholine rings is 1. The predicted octanol–water partition coefficient (Wildman–Crippen LogP) is 0.819. The van der Waals surface area contributed by atoms with Gasteiger partial charge in [0.15, 0.2) is 15.0 Å². The van der Waals surface area contributed by atoms with Crippen LogP contribution in [0.4, 0.5) is 5.69 Å². The molecule has 8 nitrogen and oxygen atoms in total. The van der Waals surface area contributed by atoms with Crippen molar-refractivity contribution >= 4 is 38.4 Å². The summed E-state index contributed by atoms with van der Waals surface area (Å²) in [6.07, 6.45) is 0.906. The van der Waals surface area contributed by atoms with Gasteiger partial charge in [-0.2, -0.15) is 0 Å². The largest absolute Gasteiger partial charge is 0.379 e. The van der Waals surface area contributed by atoms with Crippen LogP contribution in [0.25, 0.3) is 0 Å². The molecule has 3 aliphatic heterocycles. The van der Waals surface area contributed by atoms with Gasteiger partial charge in [-0.1, -0.05) is 17.8 Å². The van der Waals surface area contributed by atoms with Gasteiger partial charge in [0.1, 0.15) is 0 Å². The summed E-state index contributed by atoms with van der Waals surface area (Å²) in [4.78, 5) is 19.3. The monoisotopic (exact) mass is 438 g/mol. The van der Waals surface area contributed by atoms with Crippen LogP contribution in [0.1, 0.15) is 16.8 Å². The molecule has 4 rings (SSSR count). The third-order valence-corrected chi connectivity index (χ3v) is 8.38. The first kappa shape index (κ1) is 20.6. The van der Waals surface area contributed by atoms with Crippen LogP contribution in [-0.4, -0.2) is 86.6 Å². The van der Waals surface area contributed by atoms with E-state index in [-0.39, 0.29) is 28.7 Å². The molecule has 0 radical (unpaired) electrons. The van der Waals surface area contributed by atoms with E-state index in [9.17, 15) is 13.2 Å². The van der Waals surface area contributed by atoms with Crippen LogP contribution in [0.5, 0.6) is 0 Å². The minimum absolute atomic E-state index is 0.000415. The third kappa shape index (κ3) is 5.50. The zero-order chi connectivity index (χ0) is 20.3. The van der Waals surface area contributed by atoms with Gasteiger partial charge in [-0.05, 0) is 31.2 Å². The number of anilines is 1. The molecule has 1 amide bonds. The highest BCUT2D eigenvalue weighted by Gasteiger charge is 2.42. The highest BCUT2D eigenvalue weighted by atomic mass is 32.2. The Morgan fingerprint density at radius 1 is 1.28 bits per heavy atom. The molecule has 29 heavy (non-hydrogen) atoms. The molecular weight excluding hydrogens is 412 g/mol. The number of sulfone groups is 1. The Morgan fingerprint density at radius 3 is 2.90 bits per heavy atom. The Morgan fingerprint density at radius 2 is 2.10 bits per heavy atom. The number of ether oxygens (including phenoxy) is 1. The van der Waals surface area contributed by atoms with Crippen LogP contribution in [-0.2, 0) is 14.6 Å². The SMILES string of the molecule is O=C(NCCCN1CCOCC1)c1cccc(NC2=N[C@H]3CS(=O)(=O)C[C@H]3S2)c1. The van der Waals surface area contributed by atoms with Crippen molar-refractivity contribution in [2.24, 2.45) is 4.99 Å². The molecule has 0 bridgehead atoms. The number of benzene rings is 1. The minimum Gasteiger partial charge on any atom is -0.379 e. The molecule has 0 aromatic heterocycles. The molecule has 1 aromatic rings. The van der Waals surface area contributed by atoms with E-state index in [0.717, 1.165) is 50.1 Å². The number of carbonyl (C=O) groups is 1. The maximum absolute atomic E-state index is 12.4. The Bertz CT molecular complexity index is 884. The van der Waals surface area contributed by atoms with Crippen LogP contribution in [0.2, 0.25) is 0 Å². The summed E-state index contributed by atoms with van der Waals surface area (Å²) < 4.78 is 28.7. The van der Waals surface area contributed by atoms with Crippen molar-refractivity contribution in [1.82, 2.24) is 10.2 Å². The topological polar surface area (TPSA) is 100 Å². The maximum Gasteiger partial charge on any atom is 0.251 e. The lowest BCUT2D eigenvalue weighted by molar-refractivity contribution is 0.0374. The van der Waals surface area contributed by atoms with Crippen LogP contribution >= 0.6 is 11.8 Å². The van der Waals surface area contributed by atoms with Gasteiger partial charge in [0.2, 0.25) is 0 Å². The summed E-state index contributed by atoms with van der Waals surface area (Å²) in [6, 6.07) is 7.13. The number of hydrogen-bond donors (Lipinski definition) is 2. The lowest BCUT2D eigenvalue weighted by Crippen LogP contribution is -2.38. The summed E-state index contributed by atoms with van der Waals surface area (Å²) in [5.74, 6) is 0.215. The van der Waals surface area contributed by atoms with E-state index in [1.54, 1.807) is 12.1 Å². The molecule has 10 heteroatoms. The predicted molar refractivity (Wildman–Crippen MR) is 116 cm³/mol. The van der Waals surface area contributed by atoms with Gasteiger partial charge < -0.3 is 15.4 Å². The van der Waals surface area contributed by atoms with Crippen LogP contribution in [0, 0.1) is 0 Å². The molecule has 3 heterocycles. The second kappa shape index (κ2) is 9.03. The van der Waals surface area contributed by atoms with Crippen LogP contribution in [0.15, 0.2) is 29.3 Å². The van der Waals surface area contributed by atoms with Crippen molar-refractivity contribution in [3.8, 4) is 0 Å². The first-order valence-corrected chi connectivity index (χ1v) is 12.6. The van der Waals surface area contributed by atoms with Gasteiger partial charge in [0, 0.05) is 36.1 Å². The van der Waals surface area contributed by atoms with Gasteiger partial charge in [-0.15, -0.1) is 0 Å². The lowest BCUT2D eigenvalue weighted by atomic mass is 10.2. The number of fused-ring (bicyclic) bond motifs is 1. The minimum atomic E-state index is -2.96. The average molecular weight is 439 g/mol. The van der Waals surface area contributed by atoms with E-state index >= 15 is 0 Å². The number of nitrogens with zero attached hydrogens (tertiary/aromatic N) is 2. The molecule has 0 unspecified atom stereocenters. The van der Waals surface area contributed by atoms with Crippen LogP contribution < -0.4 is 10.6 Å². The first-order chi connectivity index (χ1) is 14.0. The summed E-state index contributed by atoms with van der Waals surface area (Å²) in [5.41, 5.74) is 1.37.